The molecule has 2 rings (SSSR count). The molecule has 0 unspecified atom stereocenters. The van der Waals surface area contributed by atoms with Crippen LogP contribution in [0.1, 0.15) is 37.6 Å². The van der Waals surface area contributed by atoms with Crippen LogP contribution < -0.4 is 0 Å². The molecule has 0 saturated carbocycles. The molecule has 1 aromatic rings. The van der Waals surface area contributed by atoms with Gasteiger partial charge in [0, 0.05) is 30.4 Å². The van der Waals surface area contributed by atoms with Gasteiger partial charge in [-0.3, -0.25) is 4.90 Å². The van der Waals surface area contributed by atoms with E-state index < -0.39 is 0 Å². The monoisotopic (exact) mass is 178 g/mol. The number of hydrogen-bond donors (Lipinski definition) is 1. The number of H-pyrrole nitrogens is 1. The Labute approximate surface area is 79.9 Å². The third-order valence-electron chi connectivity index (χ3n) is 3.30. The number of aromatic amines is 1. The van der Waals surface area contributed by atoms with Crippen LogP contribution in [0.4, 0.5) is 0 Å². The van der Waals surface area contributed by atoms with Crippen LogP contribution in [0.3, 0.4) is 0 Å². The zero-order valence-electron chi connectivity index (χ0n) is 8.67. The van der Waals surface area contributed by atoms with Crippen LogP contribution >= 0.6 is 0 Å². The summed E-state index contributed by atoms with van der Waals surface area (Å²) in [5.74, 6) is 0. The molecule has 0 aliphatic carbocycles. The molecule has 72 valence electrons. The molecule has 0 spiro atoms. The van der Waals surface area contributed by atoms with Crippen LogP contribution in [0, 0.1) is 0 Å². The zero-order chi connectivity index (χ0) is 9.42. The van der Waals surface area contributed by atoms with Gasteiger partial charge in [-0.05, 0) is 32.0 Å². The number of fused-ring (bicyclic) bond motifs is 1. The molecule has 0 aromatic carbocycles. The molecule has 13 heavy (non-hydrogen) atoms. The number of nitrogens with zero attached hydrogens (tertiary/aromatic N) is 1. The van der Waals surface area contributed by atoms with Gasteiger partial charge in [-0.1, -0.05) is 6.92 Å². The van der Waals surface area contributed by atoms with Gasteiger partial charge in [-0.15, -0.1) is 0 Å². The minimum atomic E-state index is 0.616. The molecule has 2 heteroatoms. The Kier molecular flexibility index (Phi) is 2.16. The highest BCUT2D eigenvalue weighted by atomic mass is 15.2. The minimum absolute atomic E-state index is 0.616. The second-order valence-corrected chi connectivity index (χ2v) is 4.05. The van der Waals surface area contributed by atoms with E-state index in [0.717, 1.165) is 6.42 Å². The summed E-state index contributed by atoms with van der Waals surface area (Å²) in [5.41, 5.74) is 2.94. The molecule has 0 bridgehead atoms. The van der Waals surface area contributed by atoms with E-state index in [1.807, 2.05) is 0 Å². The SMILES string of the molecule is CC[C@H]1c2cc[nH]c2C[C@@H](C)N1C. The van der Waals surface area contributed by atoms with E-state index in [1.54, 1.807) is 0 Å². The van der Waals surface area contributed by atoms with Crippen LogP contribution in [0.15, 0.2) is 12.3 Å². The summed E-state index contributed by atoms with van der Waals surface area (Å²) in [6.45, 7) is 4.56. The quantitative estimate of drug-likeness (QED) is 0.699. The molecule has 1 aliphatic rings. The summed E-state index contributed by atoms with van der Waals surface area (Å²) in [4.78, 5) is 5.83. The van der Waals surface area contributed by atoms with Crippen molar-refractivity contribution in [2.24, 2.45) is 0 Å². The average molecular weight is 178 g/mol. The number of hydrogen-bond acceptors (Lipinski definition) is 1. The fourth-order valence-corrected chi connectivity index (χ4v) is 2.38. The van der Waals surface area contributed by atoms with E-state index in [2.05, 4.69) is 43.0 Å². The highest BCUT2D eigenvalue weighted by Gasteiger charge is 2.28. The topological polar surface area (TPSA) is 19.0 Å². The Morgan fingerprint density at radius 3 is 3.08 bits per heavy atom. The Hall–Kier alpha value is -0.760. The van der Waals surface area contributed by atoms with Gasteiger partial charge in [0.25, 0.3) is 0 Å². The Bertz CT molecular complexity index is 290. The van der Waals surface area contributed by atoms with Crippen molar-refractivity contribution in [3.8, 4) is 0 Å². The second kappa shape index (κ2) is 3.18. The largest absolute Gasteiger partial charge is 0.365 e. The lowest BCUT2D eigenvalue weighted by Crippen LogP contribution is -2.38. The molecule has 0 fully saturated rings. The van der Waals surface area contributed by atoms with E-state index in [4.69, 9.17) is 0 Å². The molecule has 1 N–H and O–H groups in total. The first-order chi connectivity index (χ1) is 6.24. The van der Waals surface area contributed by atoms with Gasteiger partial charge < -0.3 is 4.98 Å². The fraction of sp³-hybridized carbons (Fsp3) is 0.636. The zero-order valence-corrected chi connectivity index (χ0v) is 8.67. The molecule has 0 amide bonds. The van der Waals surface area contributed by atoms with Crippen molar-refractivity contribution in [2.45, 2.75) is 38.8 Å². The van der Waals surface area contributed by atoms with E-state index in [9.17, 15) is 0 Å². The Morgan fingerprint density at radius 2 is 2.38 bits per heavy atom. The normalized spacial score (nSPS) is 28.8. The summed E-state index contributed by atoms with van der Waals surface area (Å²) in [5, 5.41) is 0. The molecule has 0 radical (unpaired) electrons. The molecule has 1 aliphatic heterocycles. The molecular weight excluding hydrogens is 160 g/mol. The maximum atomic E-state index is 3.35. The number of rotatable bonds is 1. The first-order valence-electron chi connectivity index (χ1n) is 5.12. The Balaban J connectivity index is 2.37. The summed E-state index contributed by atoms with van der Waals surface area (Å²) >= 11 is 0. The lowest BCUT2D eigenvalue weighted by molar-refractivity contribution is 0.161. The van der Waals surface area contributed by atoms with Crippen molar-refractivity contribution < 1.29 is 0 Å². The Morgan fingerprint density at radius 1 is 1.62 bits per heavy atom. The van der Waals surface area contributed by atoms with Gasteiger partial charge in [0.05, 0.1) is 0 Å². The molecular formula is C11H18N2. The van der Waals surface area contributed by atoms with Gasteiger partial charge in [-0.25, -0.2) is 0 Å². The van der Waals surface area contributed by atoms with Crippen molar-refractivity contribution in [3.63, 3.8) is 0 Å². The lowest BCUT2D eigenvalue weighted by Gasteiger charge is -2.37. The first-order valence-corrected chi connectivity index (χ1v) is 5.12. The summed E-state index contributed by atoms with van der Waals surface area (Å²) in [6.07, 6.45) is 4.43. The third-order valence-corrected chi connectivity index (χ3v) is 3.30. The maximum Gasteiger partial charge on any atom is 0.0363 e. The van der Waals surface area contributed by atoms with Crippen LogP contribution in [0.2, 0.25) is 0 Å². The van der Waals surface area contributed by atoms with Crippen molar-refractivity contribution in [1.82, 2.24) is 9.88 Å². The van der Waals surface area contributed by atoms with Gasteiger partial charge in [0.1, 0.15) is 0 Å². The number of likely N-dealkylation sites (N-methyl/N-ethyl adjacent to an activating group) is 1. The average Bonchev–Trinajstić information content (AvgIpc) is 2.54. The van der Waals surface area contributed by atoms with Crippen molar-refractivity contribution in [1.29, 1.82) is 0 Å². The van der Waals surface area contributed by atoms with Crippen molar-refractivity contribution in [2.75, 3.05) is 7.05 Å². The highest BCUT2D eigenvalue weighted by molar-refractivity contribution is 5.28. The minimum Gasteiger partial charge on any atom is -0.365 e. The molecule has 2 atom stereocenters. The lowest BCUT2D eigenvalue weighted by atomic mass is 9.93. The van der Waals surface area contributed by atoms with E-state index in [-0.39, 0.29) is 0 Å². The molecule has 2 heterocycles. The molecule has 0 saturated heterocycles. The fourth-order valence-electron chi connectivity index (χ4n) is 2.38. The maximum absolute atomic E-state index is 3.35. The predicted molar refractivity (Wildman–Crippen MR) is 54.8 cm³/mol. The molecule has 2 nitrogen and oxygen atoms in total. The van der Waals surface area contributed by atoms with E-state index >= 15 is 0 Å². The number of nitrogens with one attached hydrogen (secondary N) is 1. The van der Waals surface area contributed by atoms with Crippen LogP contribution in [0.5, 0.6) is 0 Å². The predicted octanol–water partition coefficient (Wildman–Crippen LogP) is 2.34. The highest BCUT2D eigenvalue weighted by Crippen LogP contribution is 2.32. The van der Waals surface area contributed by atoms with Gasteiger partial charge in [-0.2, -0.15) is 0 Å². The molecule has 1 aromatic heterocycles. The van der Waals surface area contributed by atoms with Gasteiger partial charge >= 0.3 is 0 Å². The summed E-state index contributed by atoms with van der Waals surface area (Å²) in [7, 11) is 2.23. The second-order valence-electron chi connectivity index (χ2n) is 4.05. The van der Waals surface area contributed by atoms with Crippen LogP contribution in [-0.4, -0.2) is 23.0 Å². The summed E-state index contributed by atoms with van der Waals surface area (Å²) in [6, 6.07) is 3.51. The van der Waals surface area contributed by atoms with Crippen LogP contribution in [0.25, 0.3) is 0 Å². The van der Waals surface area contributed by atoms with Gasteiger partial charge in [0.2, 0.25) is 0 Å². The van der Waals surface area contributed by atoms with Crippen molar-refractivity contribution >= 4 is 0 Å². The van der Waals surface area contributed by atoms with Gasteiger partial charge in [0.15, 0.2) is 0 Å². The third kappa shape index (κ3) is 1.29. The summed E-state index contributed by atoms with van der Waals surface area (Å²) < 4.78 is 0. The van der Waals surface area contributed by atoms with E-state index in [1.165, 1.54) is 17.7 Å². The smallest absolute Gasteiger partial charge is 0.0363 e. The van der Waals surface area contributed by atoms with Crippen LogP contribution in [-0.2, 0) is 6.42 Å². The first kappa shape index (κ1) is 8.82. The van der Waals surface area contributed by atoms with E-state index in [0.29, 0.717) is 12.1 Å². The number of aromatic nitrogens is 1. The van der Waals surface area contributed by atoms with Crippen molar-refractivity contribution in [3.05, 3.63) is 23.5 Å². The standard InChI is InChI=1S/C11H18N2/c1-4-11-9-5-6-12-10(9)7-8(2)13(11)3/h5-6,8,11-12H,4,7H2,1-3H3/t8-,11+/m1/s1.